The van der Waals surface area contributed by atoms with Crippen LogP contribution in [-0.2, 0) is 6.42 Å². The Kier molecular flexibility index (Phi) is 5.13. The minimum atomic E-state index is -0.173. The maximum absolute atomic E-state index is 12.8. The molecular formula is C15H24FN. The molecule has 0 aliphatic rings. The van der Waals surface area contributed by atoms with E-state index in [2.05, 4.69) is 20.8 Å². The number of rotatable bonds is 5. The third-order valence-corrected chi connectivity index (χ3v) is 3.07. The zero-order valence-corrected chi connectivity index (χ0v) is 11.2. The van der Waals surface area contributed by atoms with E-state index in [0.717, 1.165) is 12.8 Å². The summed E-state index contributed by atoms with van der Waals surface area (Å²) in [6.45, 7) is 7.45. The molecule has 0 amide bonds. The summed E-state index contributed by atoms with van der Waals surface area (Å²) >= 11 is 0. The highest BCUT2D eigenvalue weighted by molar-refractivity contribution is 5.16. The number of halogens is 1. The molecule has 1 aromatic rings. The van der Waals surface area contributed by atoms with Crippen molar-refractivity contribution in [1.82, 2.24) is 0 Å². The van der Waals surface area contributed by atoms with Gasteiger partial charge in [-0.15, -0.1) is 0 Å². The van der Waals surface area contributed by atoms with E-state index >= 15 is 0 Å². The Morgan fingerprint density at radius 2 is 1.76 bits per heavy atom. The highest BCUT2D eigenvalue weighted by Gasteiger charge is 2.14. The molecule has 1 unspecified atom stereocenters. The molecule has 1 atom stereocenters. The third-order valence-electron chi connectivity index (χ3n) is 3.07. The Hall–Kier alpha value is -0.890. The van der Waals surface area contributed by atoms with Crippen molar-refractivity contribution in [3.8, 4) is 0 Å². The van der Waals surface area contributed by atoms with Gasteiger partial charge in [0.15, 0.2) is 0 Å². The summed E-state index contributed by atoms with van der Waals surface area (Å²) in [7, 11) is 0. The van der Waals surface area contributed by atoms with Crippen LogP contribution >= 0.6 is 0 Å². The first-order valence-electron chi connectivity index (χ1n) is 6.35. The molecule has 0 radical (unpaired) electrons. The lowest BCUT2D eigenvalue weighted by Crippen LogP contribution is -2.19. The monoisotopic (exact) mass is 237 g/mol. The number of hydrogen-bond donors (Lipinski definition) is 1. The Bertz CT molecular complexity index is 324. The van der Waals surface area contributed by atoms with Crippen molar-refractivity contribution >= 4 is 0 Å². The topological polar surface area (TPSA) is 26.0 Å². The van der Waals surface area contributed by atoms with E-state index in [0.29, 0.717) is 17.9 Å². The van der Waals surface area contributed by atoms with E-state index in [9.17, 15) is 4.39 Å². The first-order valence-corrected chi connectivity index (χ1v) is 6.35. The highest BCUT2D eigenvalue weighted by Crippen LogP contribution is 2.25. The summed E-state index contributed by atoms with van der Waals surface area (Å²) in [6, 6.07) is 6.75. The fourth-order valence-electron chi connectivity index (χ4n) is 1.89. The molecule has 0 saturated heterocycles. The summed E-state index contributed by atoms with van der Waals surface area (Å²) in [5.74, 6) is 0.326. The van der Waals surface area contributed by atoms with Crippen molar-refractivity contribution in [3.05, 3.63) is 35.6 Å². The van der Waals surface area contributed by atoms with Gasteiger partial charge in [0.25, 0.3) is 0 Å². The zero-order chi connectivity index (χ0) is 12.9. The van der Waals surface area contributed by atoms with Crippen LogP contribution in [0, 0.1) is 17.2 Å². The van der Waals surface area contributed by atoms with Crippen molar-refractivity contribution < 1.29 is 4.39 Å². The molecule has 0 spiro atoms. The second-order valence-corrected chi connectivity index (χ2v) is 6.03. The van der Waals surface area contributed by atoms with Gasteiger partial charge in [0.2, 0.25) is 0 Å². The van der Waals surface area contributed by atoms with Gasteiger partial charge in [0.1, 0.15) is 5.82 Å². The van der Waals surface area contributed by atoms with Crippen LogP contribution in [0.3, 0.4) is 0 Å². The Labute approximate surface area is 104 Å². The summed E-state index contributed by atoms with van der Waals surface area (Å²) < 4.78 is 12.8. The van der Waals surface area contributed by atoms with E-state index in [1.54, 1.807) is 0 Å². The first-order chi connectivity index (χ1) is 7.90. The molecular weight excluding hydrogens is 213 g/mol. The first kappa shape index (κ1) is 14.2. The molecule has 0 heterocycles. The van der Waals surface area contributed by atoms with Crippen LogP contribution in [0.15, 0.2) is 24.3 Å². The van der Waals surface area contributed by atoms with Gasteiger partial charge in [0, 0.05) is 0 Å². The highest BCUT2D eigenvalue weighted by atomic mass is 19.1. The summed E-state index contributed by atoms with van der Waals surface area (Å²) in [4.78, 5) is 0. The Balaban J connectivity index is 2.49. The van der Waals surface area contributed by atoms with Gasteiger partial charge in [-0.25, -0.2) is 4.39 Å². The molecule has 0 saturated carbocycles. The van der Waals surface area contributed by atoms with Crippen molar-refractivity contribution in [2.75, 3.05) is 6.54 Å². The van der Waals surface area contributed by atoms with Crippen LogP contribution in [0.1, 0.15) is 39.2 Å². The quantitative estimate of drug-likeness (QED) is 0.829. The number of benzene rings is 1. The van der Waals surface area contributed by atoms with Gasteiger partial charge >= 0.3 is 0 Å². The molecule has 1 nitrogen and oxygen atoms in total. The van der Waals surface area contributed by atoms with Gasteiger partial charge in [-0.05, 0) is 54.8 Å². The molecule has 2 N–H and O–H groups in total. The minimum absolute atomic E-state index is 0.173. The molecule has 2 heteroatoms. The van der Waals surface area contributed by atoms with Gasteiger partial charge in [-0.1, -0.05) is 32.9 Å². The lowest BCUT2D eigenvalue weighted by Gasteiger charge is -2.22. The van der Waals surface area contributed by atoms with Crippen molar-refractivity contribution in [3.63, 3.8) is 0 Å². The van der Waals surface area contributed by atoms with Crippen molar-refractivity contribution in [2.24, 2.45) is 17.1 Å². The average Bonchev–Trinajstić information content (AvgIpc) is 2.25. The largest absolute Gasteiger partial charge is 0.330 e. The maximum atomic E-state index is 12.8. The molecule has 17 heavy (non-hydrogen) atoms. The smallest absolute Gasteiger partial charge is 0.123 e. The predicted octanol–water partition coefficient (Wildman–Crippen LogP) is 3.77. The van der Waals surface area contributed by atoms with Gasteiger partial charge in [0.05, 0.1) is 0 Å². The van der Waals surface area contributed by atoms with E-state index in [4.69, 9.17) is 5.73 Å². The predicted molar refractivity (Wildman–Crippen MR) is 71.3 cm³/mol. The summed E-state index contributed by atoms with van der Waals surface area (Å²) in [5.41, 5.74) is 7.34. The van der Waals surface area contributed by atoms with Gasteiger partial charge < -0.3 is 5.73 Å². The molecule has 1 aromatic carbocycles. The van der Waals surface area contributed by atoms with E-state index in [-0.39, 0.29) is 5.82 Å². The SMILES string of the molecule is CC(C)(C)CCC(CN)Cc1ccc(F)cc1. The Morgan fingerprint density at radius 3 is 2.24 bits per heavy atom. The summed E-state index contributed by atoms with van der Waals surface area (Å²) in [5, 5.41) is 0. The normalized spacial score (nSPS) is 13.7. The third kappa shape index (κ3) is 5.83. The summed E-state index contributed by atoms with van der Waals surface area (Å²) in [6.07, 6.45) is 3.26. The van der Waals surface area contributed by atoms with Crippen LogP contribution < -0.4 is 5.73 Å². The fraction of sp³-hybridized carbons (Fsp3) is 0.600. The second-order valence-electron chi connectivity index (χ2n) is 6.03. The van der Waals surface area contributed by atoms with E-state index in [1.165, 1.54) is 24.1 Å². The molecule has 0 aliphatic heterocycles. The van der Waals surface area contributed by atoms with Gasteiger partial charge in [-0.2, -0.15) is 0 Å². The lowest BCUT2D eigenvalue weighted by molar-refractivity contribution is 0.323. The van der Waals surface area contributed by atoms with Crippen LogP contribution in [0.2, 0.25) is 0 Å². The van der Waals surface area contributed by atoms with Gasteiger partial charge in [-0.3, -0.25) is 0 Å². The number of hydrogen-bond acceptors (Lipinski definition) is 1. The van der Waals surface area contributed by atoms with E-state index in [1.807, 2.05) is 12.1 Å². The standard InChI is InChI=1S/C15H24FN/c1-15(2,3)9-8-13(11-17)10-12-4-6-14(16)7-5-12/h4-7,13H,8-11,17H2,1-3H3. The minimum Gasteiger partial charge on any atom is -0.330 e. The van der Waals surface area contributed by atoms with Crippen LogP contribution in [0.5, 0.6) is 0 Å². The van der Waals surface area contributed by atoms with Crippen LogP contribution in [0.4, 0.5) is 4.39 Å². The van der Waals surface area contributed by atoms with E-state index < -0.39 is 0 Å². The second kappa shape index (κ2) is 6.15. The molecule has 0 fully saturated rings. The molecule has 0 bridgehead atoms. The zero-order valence-electron chi connectivity index (χ0n) is 11.2. The lowest BCUT2D eigenvalue weighted by atomic mass is 9.85. The number of nitrogens with two attached hydrogens (primary N) is 1. The molecule has 0 aromatic heterocycles. The molecule has 96 valence electrons. The fourth-order valence-corrected chi connectivity index (χ4v) is 1.89. The average molecular weight is 237 g/mol. The van der Waals surface area contributed by atoms with Crippen molar-refractivity contribution in [2.45, 2.75) is 40.0 Å². The molecule has 1 rings (SSSR count). The van der Waals surface area contributed by atoms with Crippen LogP contribution in [-0.4, -0.2) is 6.54 Å². The van der Waals surface area contributed by atoms with Crippen molar-refractivity contribution in [1.29, 1.82) is 0 Å². The molecule has 0 aliphatic carbocycles. The maximum Gasteiger partial charge on any atom is 0.123 e. The Morgan fingerprint density at radius 1 is 1.18 bits per heavy atom. The van der Waals surface area contributed by atoms with Crippen LogP contribution in [0.25, 0.3) is 0 Å².